The number of fused-ring (bicyclic) bond motifs is 5. The summed E-state index contributed by atoms with van der Waals surface area (Å²) in [4.78, 5) is 11.7. The quantitative estimate of drug-likeness (QED) is 0.510. The van der Waals surface area contributed by atoms with Gasteiger partial charge in [-0.25, -0.2) is 0 Å². The molecule has 0 aromatic heterocycles. The summed E-state index contributed by atoms with van der Waals surface area (Å²) in [6.45, 7) is 3.91. The van der Waals surface area contributed by atoms with Crippen LogP contribution in [0.25, 0.3) is 0 Å². The highest BCUT2D eigenvalue weighted by Crippen LogP contribution is 2.63. The summed E-state index contributed by atoms with van der Waals surface area (Å²) in [5, 5.41) is 21.2. The van der Waals surface area contributed by atoms with Gasteiger partial charge in [-0.2, -0.15) is 0 Å². The number of carbonyl (C=O) groups excluding carboxylic acids is 1. The first-order valence-electron chi connectivity index (χ1n) is 9.98. The molecule has 4 rings (SSSR count). The van der Waals surface area contributed by atoms with Crippen molar-refractivity contribution in [3.63, 3.8) is 0 Å². The fraction of sp³-hybridized carbons (Fsp3) is 0.950. The maximum Gasteiger partial charge on any atom is 0.302 e. The van der Waals surface area contributed by atoms with Gasteiger partial charge in [0.2, 0.25) is 0 Å². The first-order chi connectivity index (χ1) is 11.8. The van der Waals surface area contributed by atoms with Gasteiger partial charge in [0.15, 0.2) is 0 Å². The summed E-state index contributed by atoms with van der Waals surface area (Å²) in [5.74, 6) is 1.90. The molecule has 0 bridgehead atoms. The molecule has 142 valence electrons. The zero-order valence-corrected chi connectivity index (χ0v) is 16.8. The smallest absolute Gasteiger partial charge is 0.302 e. The van der Waals surface area contributed by atoms with Gasteiger partial charge in [-0.1, -0.05) is 22.9 Å². The summed E-state index contributed by atoms with van der Waals surface area (Å²) in [7, 11) is 0. The van der Waals surface area contributed by atoms with Crippen molar-refractivity contribution in [2.75, 3.05) is 0 Å². The summed E-state index contributed by atoms with van der Waals surface area (Å²) >= 11 is 3.76. The highest BCUT2D eigenvalue weighted by Gasteiger charge is 2.60. The molecule has 0 heterocycles. The summed E-state index contributed by atoms with van der Waals surface area (Å²) in [6, 6.07) is 0. The lowest BCUT2D eigenvalue weighted by molar-refractivity contribution is -0.166. The van der Waals surface area contributed by atoms with E-state index in [2.05, 4.69) is 22.9 Å². The van der Waals surface area contributed by atoms with Gasteiger partial charge in [-0.15, -0.1) is 0 Å². The molecule has 4 fully saturated rings. The molecule has 0 aromatic rings. The van der Waals surface area contributed by atoms with Crippen molar-refractivity contribution in [3.8, 4) is 0 Å². The largest absolute Gasteiger partial charge is 0.461 e. The fourth-order valence-corrected chi connectivity index (χ4v) is 8.07. The normalized spacial score (nSPS) is 55.0. The number of esters is 1. The van der Waals surface area contributed by atoms with Crippen LogP contribution >= 0.6 is 15.9 Å². The van der Waals surface area contributed by atoms with E-state index in [1.54, 1.807) is 0 Å². The Bertz CT molecular complexity index is 540. The van der Waals surface area contributed by atoms with Gasteiger partial charge in [-0.3, -0.25) is 4.79 Å². The third-order valence-electron chi connectivity index (χ3n) is 8.22. The average Bonchev–Trinajstić information content (AvgIpc) is 2.85. The van der Waals surface area contributed by atoms with Gasteiger partial charge in [0.25, 0.3) is 0 Å². The molecule has 0 aromatic carbocycles. The van der Waals surface area contributed by atoms with Crippen molar-refractivity contribution in [2.45, 2.75) is 81.9 Å². The molecular weight excluding hydrogens is 384 g/mol. The van der Waals surface area contributed by atoms with E-state index in [1.165, 1.54) is 6.92 Å². The van der Waals surface area contributed by atoms with Gasteiger partial charge in [-0.05, 0) is 74.0 Å². The second kappa shape index (κ2) is 6.49. The number of carbonyl (C=O) groups is 1. The van der Waals surface area contributed by atoms with Crippen LogP contribution in [-0.2, 0) is 9.53 Å². The molecule has 25 heavy (non-hydrogen) atoms. The molecule has 10 atom stereocenters. The molecule has 4 aliphatic rings. The number of ether oxygens (including phenoxy) is 1. The average molecular weight is 415 g/mol. The lowest BCUT2D eigenvalue weighted by atomic mass is 9.46. The standard InChI is InChI=1S/C20H31BrO4/c1-10(22)25-19-13-3-4-15-18(14(13)9-16(19)21)17(24)8-11-7-12(23)5-6-20(11,15)2/h11-19,23-24H,3-9H2,1-2H3/t11?,12-,13-,14?,15?,16+,17?,18?,19+,20-/m0/s1. The topological polar surface area (TPSA) is 66.8 Å². The monoisotopic (exact) mass is 414 g/mol. The van der Waals surface area contributed by atoms with Crippen molar-refractivity contribution < 1.29 is 19.7 Å². The third kappa shape index (κ3) is 2.89. The zero-order valence-electron chi connectivity index (χ0n) is 15.2. The lowest BCUT2D eigenvalue weighted by Gasteiger charge is -2.60. The van der Waals surface area contributed by atoms with Gasteiger partial charge >= 0.3 is 5.97 Å². The highest BCUT2D eigenvalue weighted by atomic mass is 79.9. The molecule has 5 heteroatoms. The van der Waals surface area contributed by atoms with E-state index in [9.17, 15) is 15.0 Å². The van der Waals surface area contributed by atoms with Crippen LogP contribution < -0.4 is 0 Å². The SMILES string of the molecule is CC(=O)O[C@H]1[C@H](Br)CC2C3C(O)CC4C[C@@H](O)CC[C@]4(C)C3CC[C@@H]21. The minimum absolute atomic E-state index is 0.0469. The van der Waals surface area contributed by atoms with Gasteiger partial charge in [0.05, 0.1) is 17.0 Å². The Kier molecular flexibility index (Phi) is 4.73. The predicted molar refractivity (Wildman–Crippen MR) is 98.2 cm³/mol. The van der Waals surface area contributed by atoms with Crippen molar-refractivity contribution in [2.24, 2.45) is 35.0 Å². The Morgan fingerprint density at radius 3 is 2.60 bits per heavy atom. The molecule has 4 saturated carbocycles. The molecule has 2 N–H and O–H groups in total. The van der Waals surface area contributed by atoms with Crippen LogP contribution in [0.3, 0.4) is 0 Å². The summed E-state index contributed by atoms with van der Waals surface area (Å²) < 4.78 is 5.65. The molecule has 0 amide bonds. The number of alkyl halides is 1. The molecule has 4 nitrogen and oxygen atoms in total. The van der Waals surface area contributed by atoms with Crippen LogP contribution in [0.2, 0.25) is 0 Å². The Morgan fingerprint density at radius 1 is 1.12 bits per heavy atom. The van der Waals surface area contributed by atoms with Crippen LogP contribution in [0, 0.1) is 35.0 Å². The van der Waals surface area contributed by atoms with Gasteiger partial charge in [0.1, 0.15) is 6.10 Å². The Hall–Kier alpha value is -0.130. The predicted octanol–water partition coefficient (Wildman–Crippen LogP) is 3.28. The molecule has 0 radical (unpaired) electrons. The molecule has 0 spiro atoms. The Morgan fingerprint density at radius 2 is 1.88 bits per heavy atom. The van der Waals surface area contributed by atoms with Crippen LogP contribution in [0.4, 0.5) is 0 Å². The van der Waals surface area contributed by atoms with Crippen molar-refractivity contribution in [1.82, 2.24) is 0 Å². The first-order valence-corrected chi connectivity index (χ1v) is 10.9. The van der Waals surface area contributed by atoms with Crippen molar-refractivity contribution in [1.29, 1.82) is 0 Å². The van der Waals surface area contributed by atoms with E-state index in [-0.39, 0.29) is 34.5 Å². The lowest BCUT2D eigenvalue weighted by Crippen LogP contribution is -2.57. The number of hydrogen-bond acceptors (Lipinski definition) is 4. The molecule has 0 saturated heterocycles. The Balaban J connectivity index is 1.60. The fourth-order valence-electron chi connectivity index (χ4n) is 7.14. The van der Waals surface area contributed by atoms with Crippen LogP contribution in [0.5, 0.6) is 0 Å². The number of aliphatic hydroxyl groups excluding tert-OH is 2. The molecule has 4 aliphatic carbocycles. The van der Waals surface area contributed by atoms with Crippen LogP contribution in [0.1, 0.15) is 58.8 Å². The van der Waals surface area contributed by atoms with Gasteiger partial charge in [0, 0.05) is 12.8 Å². The van der Waals surface area contributed by atoms with E-state index in [0.717, 1.165) is 44.9 Å². The molecule has 0 aliphatic heterocycles. The first kappa shape index (κ1) is 18.2. The van der Waals surface area contributed by atoms with E-state index in [0.29, 0.717) is 29.6 Å². The van der Waals surface area contributed by atoms with Crippen molar-refractivity contribution in [3.05, 3.63) is 0 Å². The maximum absolute atomic E-state index is 11.5. The third-order valence-corrected chi connectivity index (χ3v) is 9.12. The number of aliphatic hydroxyl groups is 2. The van der Waals surface area contributed by atoms with Crippen LogP contribution in [-0.4, -0.2) is 39.3 Å². The second-order valence-electron chi connectivity index (χ2n) is 9.35. The second-order valence-corrected chi connectivity index (χ2v) is 10.5. The van der Waals surface area contributed by atoms with Gasteiger partial charge < -0.3 is 14.9 Å². The van der Waals surface area contributed by atoms with Crippen molar-refractivity contribution >= 4 is 21.9 Å². The zero-order chi connectivity index (χ0) is 17.9. The van der Waals surface area contributed by atoms with E-state index < -0.39 is 0 Å². The summed E-state index contributed by atoms with van der Waals surface area (Å²) in [5.41, 5.74) is 0.245. The number of halogens is 1. The maximum atomic E-state index is 11.5. The molecular formula is C20H31BrO4. The number of hydrogen-bond donors (Lipinski definition) is 2. The summed E-state index contributed by atoms with van der Waals surface area (Å²) in [6.07, 6.45) is 6.32. The van der Waals surface area contributed by atoms with E-state index in [4.69, 9.17) is 4.74 Å². The Labute approximate surface area is 158 Å². The van der Waals surface area contributed by atoms with Crippen LogP contribution in [0.15, 0.2) is 0 Å². The highest BCUT2D eigenvalue weighted by molar-refractivity contribution is 9.09. The minimum atomic E-state index is -0.281. The minimum Gasteiger partial charge on any atom is -0.461 e. The molecule has 5 unspecified atom stereocenters. The number of rotatable bonds is 1. The van der Waals surface area contributed by atoms with E-state index >= 15 is 0 Å². The van der Waals surface area contributed by atoms with E-state index in [1.807, 2.05) is 0 Å².